The number of nitrogens with zero attached hydrogens (tertiary/aromatic N) is 4. The third-order valence-electron chi connectivity index (χ3n) is 3.97. The van der Waals surface area contributed by atoms with Crippen LogP contribution in [0, 0.1) is 6.92 Å². The lowest BCUT2D eigenvalue weighted by molar-refractivity contribution is 0.575. The summed E-state index contributed by atoms with van der Waals surface area (Å²) in [7, 11) is 0. The number of aromatic nitrogens is 5. The summed E-state index contributed by atoms with van der Waals surface area (Å²) in [4.78, 5) is 18.5. The van der Waals surface area contributed by atoms with E-state index in [1.807, 2.05) is 19.2 Å². The van der Waals surface area contributed by atoms with Crippen molar-refractivity contribution >= 4 is 0 Å². The van der Waals surface area contributed by atoms with Gasteiger partial charge >= 0.3 is 0 Å². The molecule has 0 aliphatic carbocycles. The highest BCUT2D eigenvalue weighted by Gasteiger charge is 2.09. The highest BCUT2D eigenvalue weighted by Crippen LogP contribution is 2.18. The summed E-state index contributed by atoms with van der Waals surface area (Å²) in [5.74, 6) is 1.07. The molecule has 24 heavy (non-hydrogen) atoms. The number of nitrogens with one attached hydrogen (secondary N) is 1. The molecule has 0 unspecified atom stereocenters. The van der Waals surface area contributed by atoms with Crippen molar-refractivity contribution in [2.45, 2.75) is 39.2 Å². The van der Waals surface area contributed by atoms with Crippen LogP contribution in [0.25, 0.3) is 0 Å². The predicted molar refractivity (Wildman–Crippen MR) is 91.9 cm³/mol. The Morgan fingerprint density at radius 3 is 2.79 bits per heavy atom. The third-order valence-corrected chi connectivity index (χ3v) is 3.97. The first-order chi connectivity index (χ1) is 11.6. The van der Waals surface area contributed by atoms with Crippen molar-refractivity contribution in [2.75, 3.05) is 0 Å². The molecule has 3 rings (SSSR count). The number of hydrogen-bond acceptors (Lipinski definition) is 4. The lowest BCUT2D eigenvalue weighted by atomic mass is 9.97. The first kappa shape index (κ1) is 16.1. The van der Waals surface area contributed by atoms with Gasteiger partial charge in [0.2, 0.25) is 0 Å². The van der Waals surface area contributed by atoms with Crippen LogP contribution in [0.15, 0.2) is 47.4 Å². The van der Waals surface area contributed by atoms with Crippen molar-refractivity contribution in [1.29, 1.82) is 0 Å². The maximum Gasteiger partial charge on any atom is 0.251 e. The molecule has 0 aliphatic heterocycles. The van der Waals surface area contributed by atoms with Gasteiger partial charge in [-0.05, 0) is 24.8 Å². The van der Waals surface area contributed by atoms with Crippen molar-refractivity contribution in [3.05, 3.63) is 75.7 Å². The van der Waals surface area contributed by atoms with E-state index >= 15 is 0 Å². The lowest BCUT2D eigenvalue weighted by Crippen LogP contribution is -2.13. The van der Waals surface area contributed by atoms with Crippen molar-refractivity contribution in [3.63, 3.8) is 0 Å². The Morgan fingerprint density at radius 1 is 1.25 bits per heavy atom. The maximum atomic E-state index is 11.5. The Bertz CT molecular complexity index is 853. The highest BCUT2D eigenvalue weighted by molar-refractivity contribution is 5.20. The largest absolute Gasteiger partial charge is 0.310 e. The van der Waals surface area contributed by atoms with Gasteiger partial charge in [-0.25, -0.2) is 4.98 Å². The van der Waals surface area contributed by atoms with Crippen LogP contribution in [0.1, 0.15) is 35.6 Å². The molecular formula is C18H21N5O. The molecule has 0 amide bonds. The average molecular weight is 323 g/mol. The minimum atomic E-state index is -0.117. The van der Waals surface area contributed by atoms with E-state index in [-0.39, 0.29) is 5.56 Å². The first-order valence-corrected chi connectivity index (χ1v) is 8.11. The van der Waals surface area contributed by atoms with Crippen molar-refractivity contribution < 1.29 is 0 Å². The Balaban J connectivity index is 1.60. The summed E-state index contributed by atoms with van der Waals surface area (Å²) in [5, 5.41) is 8.42. The zero-order valence-electron chi connectivity index (χ0n) is 13.9. The molecule has 6 nitrogen and oxygen atoms in total. The van der Waals surface area contributed by atoms with Crippen LogP contribution in [-0.2, 0) is 19.4 Å². The van der Waals surface area contributed by atoms with E-state index < -0.39 is 0 Å². The second-order valence-electron chi connectivity index (χ2n) is 6.07. The summed E-state index contributed by atoms with van der Waals surface area (Å²) in [6.45, 7) is 4.64. The van der Waals surface area contributed by atoms with Gasteiger partial charge in [-0.3, -0.25) is 9.48 Å². The first-order valence-electron chi connectivity index (χ1n) is 8.11. The van der Waals surface area contributed by atoms with Gasteiger partial charge in [0.15, 0.2) is 0 Å². The van der Waals surface area contributed by atoms with Gasteiger partial charge in [0.1, 0.15) is 5.82 Å². The molecule has 3 aromatic rings. The second kappa shape index (κ2) is 7.21. The van der Waals surface area contributed by atoms with E-state index in [1.165, 1.54) is 11.6 Å². The summed E-state index contributed by atoms with van der Waals surface area (Å²) in [5.41, 5.74) is 2.88. The van der Waals surface area contributed by atoms with Gasteiger partial charge in [0, 0.05) is 30.9 Å². The topological polar surface area (TPSA) is 76.5 Å². The molecule has 2 aromatic heterocycles. The van der Waals surface area contributed by atoms with Gasteiger partial charge < -0.3 is 4.98 Å². The van der Waals surface area contributed by atoms with Crippen molar-refractivity contribution in [3.8, 4) is 0 Å². The molecule has 0 radical (unpaired) electrons. The van der Waals surface area contributed by atoms with Crippen LogP contribution >= 0.6 is 0 Å². The summed E-state index contributed by atoms with van der Waals surface area (Å²) < 4.78 is 1.80. The molecular weight excluding hydrogens is 302 g/mol. The molecule has 1 aromatic carbocycles. The van der Waals surface area contributed by atoms with E-state index in [2.05, 4.69) is 51.5 Å². The van der Waals surface area contributed by atoms with E-state index in [0.717, 1.165) is 17.8 Å². The zero-order valence-corrected chi connectivity index (χ0v) is 13.9. The monoisotopic (exact) mass is 323 g/mol. The van der Waals surface area contributed by atoms with Crippen LogP contribution in [0.2, 0.25) is 0 Å². The quantitative estimate of drug-likeness (QED) is 0.755. The number of aryl methyl sites for hydroxylation is 3. The lowest BCUT2D eigenvalue weighted by Gasteiger charge is -2.09. The zero-order chi connectivity index (χ0) is 16.9. The SMILES string of the molecule is Cc1cc(=O)[nH]c(CCn2cc(C[C@H](C)c3ccccc3)nn2)n1. The Hall–Kier alpha value is -2.76. The number of hydrogen-bond donors (Lipinski definition) is 1. The van der Waals surface area contributed by atoms with Gasteiger partial charge in [-0.15, -0.1) is 5.10 Å². The molecule has 0 bridgehead atoms. The number of H-pyrrole nitrogens is 1. The van der Waals surface area contributed by atoms with Gasteiger partial charge in [-0.1, -0.05) is 42.5 Å². The van der Waals surface area contributed by atoms with Gasteiger partial charge in [-0.2, -0.15) is 0 Å². The summed E-state index contributed by atoms with van der Waals surface area (Å²) >= 11 is 0. The molecule has 1 N–H and O–H groups in total. The standard InChI is InChI=1S/C18H21N5O/c1-13(15-6-4-3-5-7-15)10-16-12-23(22-21-16)9-8-17-19-14(2)11-18(24)20-17/h3-7,11-13H,8-10H2,1-2H3,(H,19,20,24)/t13-/m0/s1. The molecule has 0 saturated heterocycles. The van der Waals surface area contributed by atoms with Crippen LogP contribution in [0.5, 0.6) is 0 Å². The van der Waals surface area contributed by atoms with Crippen LogP contribution in [-0.4, -0.2) is 25.0 Å². The second-order valence-corrected chi connectivity index (χ2v) is 6.07. The maximum absolute atomic E-state index is 11.5. The predicted octanol–water partition coefficient (Wildman–Crippen LogP) is 2.26. The minimum absolute atomic E-state index is 0.117. The number of aromatic amines is 1. The van der Waals surface area contributed by atoms with Crippen molar-refractivity contribution in [1.82, 2.24) is 25.0 Å². The normalized spacial score (nSPS) is 12.2. The van der Waals surface area contributed by atoms with E-state index in [0.29, 0.717) is 24.7 Å². The van der Waals surface area contributed by atoms with Crippen molar-refractivity contribution in [2.24, 2.45) is 0 Å². The Morgan fingerprint density at radius 2 is 2.04 bits per heavy atom. The van der Waals surface area contributed by atoms with E-state index in [1.54, 1.807) is 4.68 Å². The van der Waals surface area contributed by atoms with Crippen LogP contribution in [0.4, 0.5) is 0 Å². The summed E-state index contributed by atoms with van der Waals surface area (Å²) in [6, 6.07) is 11.9. The van der Waals surface area contributed by atoms with Crippen LogP contribution in [0.3, 0.4) is 0 Å². The molecule has 0 fully saturated rings. The van der Waals surface area contributed by atoms with E-state index in [9.17, 15) is 4.79 Å². The third kappa shape index (κ3) is 4.16. The number of rotatable bonds is 6. The Kier molecular flexibility index (Phi) is 4.84. The highest BCUT2D eigenvalue weighted by atomic mass is 16.1. The molecule has 1 atom stereocenters. The minimum Gasteiger partial charge on any atom is -0.310 e. The van der Waals surface area contributed by atoms with Crippen LogP contribution < -0.4 is 5.56 Å². The molecule has 0 spiro atoms. The molecule has 0 saturated carbocycles. The van der Waals surface area contributed by atoms with E-state index in [4.69, 9.17) is 0 Å². The average Bonchev–Trinajstić information content (AvgIpc) is 3.00. The number of benzene rings is 1. The fraction of sp³-hybridized carbons (Fsp3) is 0.333. The molecule has 2 heterocycles. The fourth-order valence-electron chi connectivity index (χ4n) is 2.73. The smallest absolute Gasteiger partial charge is 0.251 e. The molecule has 124 valence electrons. The van der Waals surface area contributed by atoms with Gasteiger partial charge in [0.25, 0.3) is 5.56 Å². The molecule has 6 heteroatoms. The summed E-state index contributed by atoms with van der Waals surface area (Å²) in [6.07, 6.45) is 3.44. The van der Waals surface area contributed by atoms with Gasteiger partial charge in [0.05, 0.1) is 5.69 Å². The Labute approximate surface area is 140 Å². The fourth-order valence-corrected chi connectivity index (χ4v) is 2.73. The molecule has 0 aliphatic rings.